The van der Waals surface area contributed by atoms with Crippen LogP contribution in [0.15, 0.2) is 24.3 Å². The number of fused-ring (bicyclic) bond motifs is 1. The molecular weight excluding hydrogens is 326 g/mol. The van der Waals surface area contributed by atoms with E-state index in [4.69, 9.17) is 9.47 Å². The number of urea groups is 1. The van der Waals surface area contributed by atoms with Crippen molar-refractivity contribution < 1.29 is 23.9 Å². The first-order chi connectivity index (χ1) is 12.1. The lowest BCUT2D eigenvalue weighted by Crippen LogP contribution is -2.42. The van der Waals surface area contributed by atoms with Crippen molar-refractivity contribution in [3.8, 4) is 5.75 Å². The highest BCUT2D eigenvalue weighted by Gasteiger charge is 2.20. The van der Waals surface area contributed by atoms with Crippen molar-refractivity contribution in [1.29, 1.82) is 0 Å². The predicted molar refractivity (Wildman–Crippen MR) is 90.0 cm³/mol. The SMILES string of the molecule is CCOC(=O)CCNC(=O)NCCN1Cc2ccccc2OCC1=O. The van der Waals surface area contributed by atoms with Crippen LogP contribution in [0.4, 0.5) is 4.79 Å². The van der Waals surface area contributed by atoms with Gasteiger partial charge in [-0.15, -0.1) is 0 Å². The molecule has 1 aliphatic heterocycles. The minimum absolute atomic E-state index is 0.0112. The van der Waals surface area contributed by atoms with E-state index in [0.29, 0.717) is 32.0 Å². The van der Waals surface area contributed by atoms with Gasteiger partial charge in [0, 0.05) is 31.7 Å². The second kappa shape index (κ2) is 9.51. The first kappa shape index (κ1) is 18.6. The van der Waals surface area contributed by atoms with Crippen molar-refractivity contribution in [2.75, 3.05) is 32.8 Å². The highest BCUT2D eigenvalue weighted by Crippen LogP contribution is 2.22. The van der Waals surface area contributed by atoms with Crippen LogP contribution < -0.4 is 15.4 Å². The van der Waals surface area contributed by atoms with E-state index in [1.807, 2.05) is 24.3 Å². The molecule has 0 spiro atoms. The summed E-state index contributed by atoms with van der Waals surface area (Å²) in [4.78, 5) is 36.6. The van der Waals surface area contributed by atoms with E-state index >= 15 is 0 Å². The highest BCUT2D eigenvalue weighted by molar-refractivity contribution is 5.79. The van der Waals surface area contributed by atoms with Gasteiger partial charge in [0.1, 0.15) is 5.75 Å². The Morgan fingerprint density at radius 1 is 1.24 bits per heavy atom. The number of carbonyl (C=O) groups excluding carboxylic acids is 3. The maximum Gasteiger partial charge on any atom is 0.314 e. The Morgan fingerprint density at radius 2 is 2.00 bits per heavy atom. The second-order valence-electron chi connectivity index (χ2n) is 5.45. The topological polar surface area (TPSA) is 97.0 Å². The Balaban J connectivity index is 1.71. The summed E-state index contributed by atoms with van der Waals surface area (Å²) in [5.74, 6) is 0.236. The summed E-state index contributed by atoms with van der Waals surface area (Å²) in [6.07, 6.45) is 0.125. The maximum absolute atomic E-state index is 12.1. The van der Waals surface area contributed by atoms with Gasteiger partial charge in [0.2, 0.25) is 0 Å². The molecule has 1 aliphatic rings. The summed E-state index contributed by atoms with van der Waals surface area (Å²) in [6.45, 7) is 3.37. The number of benzene rings is 1. The lowest BCUT2D eigenvalue weighted by Gasteiger charge is -2.20. The molecule has 0 atom stereocenters. The third-order valence-corrected chi connectivity index (χ3v) is 3.62. The van der Waals surface area contributed by atoms with E-state index in [9.17, 15) is 14.4 Å². The molecule has 3 amide bonds. The quantitative estimate of drug-likeness (QED) is 0.705. The van der Waals surface area contributed by atoms with Crippen LogP contribution in [-0.4, -0.2) is 55.7 Å². The lowest BCUT2D eigenvalue weighted by molar-refractivity contribution is -0.142. The van der Waals surface area contributed by atoms with Gasteiger partial charge < -0.3 is 25.0 Å². The normalized spacial score (nSPS) is 13.3. The summed E-state index contributed by atoms with van der Waals surface area (Å²) in [6, 6.07) is 7.12. The summed E-state index contributed by atoms with van der Waals surface area (Å²) >= 11 is 0. The second-order valence-corrected chi connectivity index (χ2v) is 5.45. The van der Waals surface area contributed by atoms with Crippen LogP contribution >= 0.6 is 0 Å². The fourth-order valence-corrected chi connectivity index (χ4v) is 2.38. The fraction of sp³-hybridized carbons (Fsp3) is 0.471. The van der Waals surface area contributed by atoms with Crippen LogP contribution in [0, 0.1) is 0 Å². The standard InChI is InChI=1S/C17H23N3O5/c1-2-24-16(22)7-8-18-17(23)19-9-10-20-11-13-5-3-4-6-14(13)25-12-15(20)21/h3-6H,2,7-12H2,1H3,(H2,18,19,23). The zero-order chi connectivity index (χ0) is 18.1. The Bertz CT molecular complexity index is 620. The van der Waals surface area contributed by atoms with Crippen molar-refractivity contribution in [1.82, 2.24) is 15.5 Å². The predicted octanol–water partition coefficient (Wildman–Crippen LogP) is 0.660. The number of rotatable bonds is 7. The van der Waals surface area contributed by atoms with E-state index in [-0.39, 0.29) is 37.5 Å². The average Bonchev–Trinajstić information content (AvgIpc) is 2.75. The molecule has 0 saturated heterocycles. The van der Waals surface area contributed by atoms with Crippen molar-refractivity contribution in [2.45, 2.75) is 19.9 Å². The van der Waals surface area contributed by atoms with Gasteiger partial charge in [-0.2, -0.15) is 0 Å². The number of hydrogen-bond acceptors (Lipinski definition) is 5. The average molecular weight is 349 g/mol. The molecule has 0 saturated carbocycles. The molecule has 0 bridgehead atoms. The minimum atomic E-state index is -0.386. The molecule has 2 N–H and O–H groups in total. The largest absolute Gasteiger partial charge is 0.483 e. The minimum Gasteiger partial charge on any atom is -0.483 e. The van der Waals surface area contributed by atoms with Crippen molar-refractivity contribution in [3.63, 3.8) is 0 Å². The molecule has 0 fully saturated rings. The molecule has 1 aromatic rings. The molecule has 1 aromatic carbocycles. The van der Waals surface area contributed by atoms with Gasteiger partial charge in [-0.25, -0.2) is 4.79 Å². The third-order valence-electron chi connectivity index (χ3n) is 3.62. The van der Waals surface area contributed by atoms with Gasteiger partial charge in [0.15, 0.2) is 6.61 Å². The summed E-state index contributed by atoms with van der Waals surface area (Å²) in [5.41, 5.74) is 0.937. The number of carbonyl (C=O) groups is 3. The van der Waals surface area contributed by atoms with Gasteiger partial charge in [-0.1, -0.05) is 18.2 Å². The number of nitrogens with one attached hydrogen (secondary N) is 2. The van der Waals surface area contributed by atoms with Gasteiger partial charge >= 0.3 is 12.0 Å². The Labute approximate surface area is 146 Å². The molecule has 8 nitrogen and oxygen atoms in total. The van der Waals surface area contributed by atoms with Crippen LogP contribution in [0.5, 0.6) is 5.75 Å². The molecule has 0 radical (unpaired) electrons. The monoisotopic (exact) mass is 349 g/mol. The van der Waals surface area contributed by atoms with Crippen LogP contribution in [0.3, 0.4) is 0 Å². The number of amides is 3. The molecule has 2 rings (SSSR count). The Kier molecular flexibility index (Phi) is 7.06. The zero-order valence-corrected chi connectivity index (χ0v) is 14.2. The molecule has 1 heterocycles. The molecule has 25 heavy (non-hydrogen) atoms. The van der Waals surface area contributed by atoms with E-state index in [1.54, 1.807) is 11.8 Å². The van der Waals surface area contributed by atoms with Crippen LogP contribution in [0.25, 0.3) is 0 Å². The molecule has 136 valence electrons. The maximum atomic E-state index is 12.1. The van der Waals surface area contributed by atoms with Crippen LogP contribution in [0.1, 0.15) is 18.9 Å². The summed E-state index contributed by atoms with van der Waals surface area (Å²) in [5, 5.41) is 5.23. The molecule has 8 heteroatoms. The van der Waals surface area contributed by atoms with Gasteiger partial charge in [0.25, 0.3) is 5.91 Å². The molecule has 0 unspecified atom stereocenters. The van der Waals surface area contributed by atoms with Crippen molar-refractivity contribution >= 4 is 17.9 Å². The lowest BCUT2D eigenvalue weighted by atomic mass is 10.2. The zero-order valence-electron chi connectivity index (χ0n) is 14.2. The third kappa shape index (κ3) is 5.98. The number of para-hydroxylation sites is 1. The first-order valence-corrected chi connectivity index (χ1v) is 8.26. The first-order valence-electron chi connectivity index (χ1n) is 8.26. The van der Waals surface area contributed by atoms with Crippen LogP contribution in [0.2, 0.25) is 0 Å². The number of hydrogen-bond donors (Lipinski definition) is 2. The van der Waals surface area contributed by atoms with Crippen molar-refractivity contribution in [3.05, 3.63) is 29.8 Å². The van der Waals surface area contributed by atoms with E-state index < -0.39 is 0 Å². The fourth-order valence-electron chi connectivity index (χ4n) is 2.38. The molecule has 0 aliphatic carbocycles. The van der Waals surface area contributed by atoms with Gasteiger partial charge in [-0.3, -0.25) is 9.59 Å². The number of ether oxygens (including phenoxy) is 2. The number of nitrogens with zero attached hydrogens (tertiary/aromatic N) is 1. The smallest absolute Gasteiger partial charge is 0.314 e. The number of esters is 1. The van der Waals surface area contributed by atoms with Gasteiger partial charge in [-0.05, 0) is 13.0 Å². The highest BCUT2D eigenvalue weighted by atomic mass is 16.5. The van der Waals surface area contributed by atoms with Crippen molar-refractivity contribution in [2.24, 2.45) is 0 Å². The van der Waals surface area contributed by atoms with Crippen LogP contribution in [-0.2, 0) is 20.9 Å². The summed E-state index contributed by atoms with van der Waals surface area (Å²) < 4.78 is 10.2. The Morgan fingerprint density at radius 3 is 2.80 bits per heavy atom. The van der Waals surface area contributed by atoms with Gasteiger partial charge in [0.05, 0.1) is 13.0 Å². The summed E-state index contributed by atoms with van der Waals surface area (Å²) in [7, 11) is 0. The molecule has 0 aromatic heterocycles. The Hall–Kier alpha value is -2.77. The van der Waals surface area contributed by atoms with E-state index in [1.165, 1.54) is 0 Å². The van der Waals surface area contributed by atoms with E-state index in [2.05, 4.69) is 10.6 Å². The molecular formula is C17H23N3O5. The van der Waals surface area contributed by atoms with E-state index in [0.717, 1.165) is 5.56 Å².